The molecule has 13 heavy (non-hydrogen) atoms. The molecule has 0 aromatic rings. The molecule has 2 N–H and O–H groups in total. The van der Waals surface area contributed by atoms with Gasteiger partial charge in [-0.2, -0.15) is 13.2 Å². The van der Waals surface area contributed by atoms with E-state index in [0.29, 0.717) is 6.54 Å². The van der Waals surface area contributed by atoms with Gasteiger partial charge < -0.3 is 10.6 Å². The van der Waals surface area contributed by atoms with Crippen molar-refractivity contribution in [2.24, 2.45) is 4.99 Å². The first kappa shape index (κ1) is 10.1. The number of hydrogen-bond acceptors (Lipinski definition) is 3. The van der Waals surface area contributed by atoms with Gasteiger partial charge in [-0.25, -0.2) is 0 Å². The molecule has 2 unspecified atom stereocenters. The highest BCUT2D eigenvalue weighted by atomic mass is 19.4. The van der Waals surface area contributed by atoms with E-state index in [4.69, 9.17) is 0 Å². The van der Waals surface area contributed by atoms with Crippen molar-refractivity contribution in [2.75, 3.05) is 6.54 Å². The zero-order valence-corrected chi connectivity index (χ0v) is 7.44. The van der Waals surface area contributed by atoms with E-state index < -0.39 is 12.2 Å². The molecule has 1 heterocycles. The third-order valence-corrected chi connectivity index (χ3v) is 1.75. The SMILES string of the molecule is CC1CN=C(NC(C)C(F)(F)F)N1. The Hall–Kier alpha value is -0.940. The number of nitrogens with one attached hydrogen (secondary N) is 2. The predicted molar refractivity (Wildman–Crippen MR) is 43.6 cm³/mol. The Morgan fingerprint density at radius 3 is 2.62 bits per heavy atom. The van der Waals surface area contributed by atoms with Crippen LogP contribution in [0.2, 0.25) is 0 Å². The summed E-state index contributed by atoms with van der Waals surface area (Å²) in [5.41, 5.74) is 0. The highest BCUT2D eigenvalue weighted by Gasteiger charge is 2.37. The van der Waals surface area contributed by atoms with E-state index in [1.807, 2.05) is 6.92 Å². The highest BCUT2D eigenvalue weighted by Crippen LogP contribution is 2.19. The fourth-order valence-electron chi connectivity index (χ4n) is 0.927. The molecule has 0 bridgehead atoms. The van der Waals surface area contributed by atoms with Gasteiger partial charge in [-0.05, 0) is 13.8 Å². The van der Waals surface area contributed by atoms with Gasteiger partial charge in [-0.15, -0.1) is 0 Å². The molecule has 2 atom stereocenters. The van der Waals surface area contributed by atoms with E-state index in [9.17, 15) is 13.2 Å². The average molecular weight is 195 g/mol. The van der Waals surface area contributed by atoms with Crippen molar-refractivity contribution in [1.82, 2.24) is 10.6 Å². The van der Waals surface area contributed by atoms with Crippen molar-refractivity contribution in [3.8, 4) is 0 Å². The fourth-order valence-corrected chi connectivity index (χ4v) is 0.927. The standard InChI is InChI=1S/C7H12F3N3/c1-4-3-11-6(12-4)13-5(2)7(8,9)10/h4-5H,3H2,1-2H3,(H2,11,12,13). The molecule has 0 fully saturated rings. The zero-order chi connectivity index (χ0) is 10.1. The van der Waals surface area contributed by atoms with Crippen LogP contribution in [-0.2, 0) is 0 Å². The minimum absolute atomic E-state index is 0.114. The number of hydrogen-bond donors (Lipinski definition) is 2. The Morgan fingerprint density at radius 2 is 2.23 bits per heavy atom. The predicted octanol–water partition coefficient (Wildman–Crippen LogP) is 0.875. The van der Waals surface area contributed by atoms with Gasteiger partial charge in [-0.3, -0.25) is 4.99 Å². The first-order chi connectivity index (χ1) is 5.89. The summed E-state index contributed by atoms with van der Waals surface area (Å²) in [6, 6.07) is -1.45. The van der Waals surface area contributed by atoms with Gasteiger partial charge in [0.15, 0.2) is 5.96 Å². The molecule has 3 nitrogen and oxygen atoms in total. The van der Waals surface area contributed by atoms with Gasteiger partial charge in [-0.1, -0.05) is 0 Å². The number of rotatable bonds is 1. The van der Waals surface area contributed by atoms with Gasteiger partial charge in [0.25, 0.3) is 0 Å². The summed E-state index contributed by atoms with van der Waals surface area (Å²) in [5, 5.41) is 5.06. The van der Waals surface area contributed by atoms with Crippen LogP contribution >= 0.6 is 0 Å². The summed E-state index contributed by atoms with van der Waals surface area (Å²) >= 11 is 0. The van der Waals surface area contributed by atoms with Crippen LogP contribution in [0.25, 0.3) is 0 Å². The molecule has 1 rings (SSSR count). The Morgan fingerprint density at radius 1 is 1.62 bits per heavy atom. The first-order valence-corrected chi connectivity index (χ1v) is 4.04. The van der Waals surface area contributed by atoms with Gasteiger partial charge in [0.1, 0.15) is 6.04 Å². The van der Waals surface area contributed by atoms with Crippen LogP contribution in [0, 0.1) is 0 Å². The third kappa shape index (κ3) is 2.78. The largest absolute Gasteiger partial charge is 0.408 e. The van der Waals surface area contributed by atoms with E-state index in [2.05, 4.69) is 15.6 Å². The van der Waals surface area contributed by atoms with E-state index in [0.717, 1.165) is 6.92 Å². The highest BCUT2D eigenvalue weighted by molar-refractivity contribution is 5.82. The Kier molecular flexibility index (Phi) is 2.68. The monoisotopic (exact) mass is 195 g/mol. The van der Waals surface area contributed by atoms with Crippen molar-refractivity contribution in [2.45, 2.75) is 32.1 Å². The van der Waals surface area contributed by atoms with Gasteiger partial charge in [0, 0.05) is 6.04 Å². The van der Waals surface area contributed by atoms with E-state index in [1.165, 1.54) is 0 Å². The summed E-state index contributed by atoms with van der Waals surface area (Å²) in [6.07, 6.45) is -4.23. The number of nitrogens with zero attached hydrogens (tertiary/aromatic N) is 1. The maximum Gasteiger partial charge on any atom is 0.408 e. The molecule has 0 spiro atoms. The second-order valence-corrected chi connectivity index (χ2v) is 3.14. The molecule has 0 amide bonds. The molecule has 0 radical (unpaired) electrons. The molecule has 0 saturated heterocycles. The average Bonchev–Trinajstić information content (AvgIpc) is 2.33. The van der Waals surface area contributed by atoms with Gasteiger partial charge in [0.05, 0.1) is 6.54 Å². The lowest BCUT2D eigenvalue weighted by molar-refractivity contribution is -0.147. The lowest BCUT2D eigenvalue weighted by Crippen LogP contribution is -2.48. The number of halogens is 3. The fraction of sp³-hybridized carbons (Fsp3) is 0.857. The lowest BCUT2D eigenvalue weighted by Gasteiger charge is -2.18. The second kappa shape index (κ2) is 3.43. The summed E-state index contributed by atoms with van der Waals surface area (Å²) in [4.78, 5) is 3.86. The lowest BCUT2D eigenvalue weighted by atomic mass is 10.3. The summed E-state index contributed by atoms with van der Waals surface area (Å²) in [5.74, 6) is 0.234. The Bertz CT molecular complexity index is 212. The van der Waals surface area contributed by atoms with Crippen molar-refractivity contribution < 1.29 is 13.2 Å². The van der Waals surface area contributed by atoms with Crippen LogP contribution in [0.5, 0.6) is 0 Å². The van der Waals surface area contributed by atoms with Crippen LogP contribution in [0.15, 0.2) is 4.99 Å². The molecular formula is C7H12F3N3. The zero-order valence-electron chi connectivity index (χ0n) is 7.44. The van der Waals surface area contributed by atoms with E-state index in [1.54, 1.807) is 0 Å². The number of alkyl halides is 3. The molecule has 0 aromatic heterocycles. The molecule has 0 saturated carbocycles. The molecule has 6 heteroatoms. The molecule has 0 aliphatic carbocycles. The van der Waals surface area contributed by atoms with Crippen molar-refractivity contribution in [1.29, 1.82) is 0 Å². The van der Waals surface area contributed by atoms with E-state index in [-0.39, 0.29) is 12.0 Å². The quantitative estimate of drug-likeness (QED) is 0.651. The van der Waals surface area contributed by atoms with Gasteiger partial charge >= 0.3 is 6.18 Å². The maximum absolute atomic E-state index is 12.1. The van der Waals surface area contributed by atoms with Crippen LogP contribution < -0.4 is 10.6 Å². The smallest absolute Gasteiger partial charge is 0.352 e. The Balaban J connectivity index is 2.42. The summed E-state index contributed by atoms with van der Waals surface area (Å²) in [7, 11) is 0. The van der Waals surface area contributed by atoms with Crippen LogP contribution in [0.1, 0.15) is 13.8 Å². The van der Waals surface area contributed by atoms with Crippen LogP contribution in [-0.4, -0.2) is 30.8 Å². The second-order valence-electron chi connectivity index (χ2n) is 3.14. The minimum atomic E-state index is -4.23. The molecule has 0 aromatic carbocycles. The first-order valence-electron chi connectivity index (χ1n) is 4.04. The minimum Gasteiger partial charge on any atom is -0.352 e. The molecular weight excluding hydrogens is 183 g/mol. The topological polar surface area (TPSA) is 36.4 Å². The van der Waals surface area contributed by atoms with Crippen molar-refractivity contribution >= 4 is 5.96 Å². The Labute approximate surface area is 74.4 Å². The molecule has 1 aliphatic heterocycles. The summed E-state index contributed by atoms with van der Waals surface area (Å²) < 4.78 is 36.2. The number of aliphatic imine (C=N–C) groups is 1. The van der Waals surface area contributed by atoms with E-state index >= 15 is 0 Å². The molecule has 1 aliphatic rings. The third-order valence-electron chi connectivity index (χ3n) is 1.75. The van der Waals surface area contributed by atoms with Crippen molar-refractivity contribution in [3.05, 3.63) is 0 Å². The molecule has 76 valence electrons. The van der Waals surface area contributed by atoms with Crippen LogP contribution in [0.4, 0.5) is 13.2 Å². The normalized spacial score (nSPS) is 25.0. The van der Waals surface area contributed by atoms with Gasteiger partial charge in [0.2, 0.25) is 0 Å². The summed E-state index contributed by atoms with van der Waals surface area (Å²) in [6.45, 7) is 3.44. The number of guanidine groups is 1. The van der Waals surface area contributed by atoms with Crippen LogP contribution in [0.3, 0.4) is 0 Å². The van der Waals surface area contributed by atoms with Crippen molar-refractivity contribution in [3.63, 3.8) is 0 Å². The maximum atomic E-state index is 12.1.